The van der Waals surface area contributed by atoms with Crippen LogP contribution in [0.25, 0.3) is 16.2 Å². The summed E-state index contributed by atoms with van der Waals surface area (Å²) in [5, 5.41) is 6.96. The Hall–Kier alpha value is -4.21. The van der Waals surface area contributed by atoms with Gasteiger partial charge in [-0.2, -0.15) is 0 Å². The SMILES string of the molecule is Nc1ccccc1NC(=O)c1ccc(Nc2ncc(-c3cnc4c(CN5CCCC5)cccn34)s2)cc1. The number of fused-ring (bicyclic) bond motifs is 1. The number of imidazole rings is 1. The average Bonchev–Trinajstić information content (AvgIpc) is 3.67. The van der Waals surface area contributed by atoms with Gasteiger partial charge in [0.1, 0.15) is 5.65 Å². The van der Waals surface area contributed by atoms with Gasteiger partial charge in [0, 0.05) is 35.8 Å². The first kappa shape index (κ1) is 23.2. The zero-order chi connectivity index (χ0) is 25.2. The van der Waals surface area contributed by atoms with E-state index in [0.717, 1.165) is 46.7 Å². The van der Waals surface area contributed by atoms with Crippen molar-refractivity contribution in [2.24, 2.45) is 0 Å². The maximum atomic E-state index is 12.6. The lowest BCUT2D eigenvalue weighted by atomic mass is 10.2. The van der Waals surface area contributed by atoms with Crippen molar-refractivity contribution in [3.8, 4) is 10.6 Å². The second-order valence-electron chi connectivity index (χ2n) is 9.13. The molecule has 9 heteroatoms. The summed E-state index contributed by atoms with van der Waals surface area (Å²) in [5.41, 5.74) is 11.7. The fraction of sp³-hybridized carbons (Fsp3) is 0.179. The predicted molar refractivity (Wildman–Crippen MR) is 149 cm³/mol. The molecular weight excluding hydrogens is 482 g/mol. The summed E-state index contributed by atoms with van der Waals surface area (Å²) < 4.78 is 2.15. The molecule has 186 valence electrons. The van der Waals surface area contributed by atoms with Gasteiger partial charge >= 0.3 is 0 Å². The van der Waals surface area contributed by atoms with Gasteiger partial charge in [0.15, 0.2) is 5.13 Å². The minimum absolute atomic E-state index is 0.210. The van der Waals surface area contributed by atoms with Crippen LogP contribution in [-0.4, -0.2) is 38.3 Å². The van der Waals surface area contributed by atoms with E-state index < -0.39 is 0 Å². The third-order valence-electron chi connectivity index (χ3n) is 6.57. The van der Waals surface area contributed by atoms with Crippen molar-refractivity contribution in [3.05, 3.63) is 90.4 Å². The molecule has 0 spiro atoms. The van der Waals surface area contributed by atoms with Crippen molar-refractivity contribution in [3.63, 3.8) is 0 Å². The molecule has 0 bridgehead atoms. The highest BCUT2D eigenvalue weighted by molar-refractivity contribution is 7.18. The summed E-state index contributed by atoms with van der Waals surface area (Å²) >= 11 is 1.57. The maximum absolute atomic E-state index is 12.6. The van der Waals surface area contributed by atoms with Crippen LogP contribution in [0.2, 0.25) is 0 Å². The number of rotatable bonds is 7. The molecule has 4 heterocycles. The predicted octanol–water partition coefficient (Wildman–Crippen LogP) is 5.63. The molecule has 3 aromatic heterocycles. The Kier molecular flexibility index (Phi) is 6.30. The Morgan fingerprint density at radius 3 is 2.59 bits per heavy atom. The number of carbonyl (C=O) groups is 1. The number of hydrogen-bond donors (Lipinski definition) is 3. The monoisotopic (exact) mass is 509 g/mol. The van der Waals surface area contributed by atoms with Crippen LogP contribution in [-0.2, 0) is 6.54 Å². The Balaban J connectivity index is 1.15. The number of nitrogens with two attached hydrogens (primary N) is 1. The first-order chi connectivity index (χ1) is 18.1. The minimum Gasteiger partial charge on any atom is -0.397 e. The second-order valence-corrected chi connectivity index (χ2v) is 10.2. The van der Waals surface area contributed by atoms with Crippen molar-refractivity contribution >= 4 is 45.1 Å². The van der Waals surface area contributed by atoms with E-state index in [4.69, 9.17) is 10.7 Å². The van der Waals surface area contributed by atoms with Crippen molar-refractivity contribution in [1.29, 1.82) is 0 Å². The lowest BCUT2D eigenvalue weighted by Crippen LogP contribution is -2.18. The Morgan fingerprint density at radius 1 is 0.973 bits per heavy atom. The van der Waals surface area contributed by atoms with Crippen molar-refractivity contribution in [2.75, 3.05) is 29.5 Å². The van der Waals surface area contributed by atoms with Gasteiger partial charge in [-0.15, -0.1) is 0 Å². The number of anilines is 4. The van der Waals surface area contributed by atoms with Crippen LogP contribution in [0.1, 0.15) is 28.8 Å². The zero-order valence-corrected chi connectivity index (χ0v) is 21.0. The van der Waals surface area contributed by atoms with Crippen LogP contribution >= 0.6 is 11.3 Å². The third kappa shape index (κ3) is 4.91. The van der Waals surface area contributed by atoms with Crippen LogP contribution < -0.4 is 16.4 Å². The van der Waals surface area contributed by atoms with Gasteiger partial charge in [-0.3, -0.25) is 14.1 Å². The van der Waals surface area contributed by atoms with E-state index in [1.807, 2.05) is 36.7 Å². The quantitative estimate of drug-likeness (QED) is 0.246. The van der Waals surface area contributed by atoms with E-state index >= 15 is 0 Å². The van der Waals surface area contributed by atoms with E-state index in [2.05, 4.69) is 43.2 Å². The fourth-order valence-electron chi connectivity index (χ4n) is 4.64. The van der Waals surface area contributed by atoms with Gasteiger partial charge in [0.05, 0.1) is 28.1 Å². The minimum atomic E-state index is -0.210. The van der Waals surface area contributed by atoms with Crippen molar-refractivity contribution < 1.29 is 4.79 Å². The average molecular weight is 510 g/mol. The molecule has 0 atom stereocenters. The van der Waals surface area contributed by atoms with E-state index in [1.165, 1.54) is 18.4 Å². The molecule has 0 radical (unpaired) electrons. The number of benzene rings is 2. The molecule has 8 nitrogen and oxygen atoms in total. The van der Waals surface area contributed by atoms with Gasteiger partial charge in [0.25, 0.3) is 5.91 Å². The number of likely N-dealkylation sites (tertiary alicyclic amines) is 1. The molecule has 37 heavy (non-hydrogen) atoms. The smallest absolute Gasteiger partial charge is 0.255 e. The largest absolute Gasteiger partial charge is 0.397 e. The van der Waals surface area contributed by atoms with Crippen LogP contribution in [0.3, 0.4) is 0 Å². The number of para-hydroxylation sites is 2. The topological polar surface area (TPSA) is 101 Å². The molecule has 0 unspecified atom stereocenters. The molecule has 1 fully saturated rings. The molecule has 0 saturated carbocycles. The lowest BCUT2D eigenvalue weighted by molar-refractivity contribution is 0.102. The van der Waals surface area contributed by atoms with E-state index in [1.54, 1.807) is 35.6 Å². The van der Waals surface area contributed by atoms with Crippen molar-refractivity contribution in [2.45, 2.75) is 19.4 Å². The normalized spacial score (nSPS) is 13.7. The summed E-state index contributed by atoms with van der Waals surface area (Å²) in [5.74, 6) is -0.210. The summed E-state index contributed by atoms with van der Waals surface area (Å²) in [7, 11) is 0. The molecule has 1 aliphatic heterocycles. The van der Waals surface area contributed by atoms with Crippen LogP contribution in [0.4, 0.5) is 22.2 Å². The molecule has 5 aromatic rings. The molecule has 1 amide bonds. The maximum Gasteiger partial charge on any atom is 0.255 e. The van der Waals surface area contributed by atoms with Crippen LogP contribution in [0.5, 0.6) is 0 Å². The Labute approximate surface area is 218 Å². The number of pyridine rings is 1. The molecule has 1 aliphatic rings. The summed E-state index contributed by atoms with van der Waals surface area (Å²) in [6, 6.07) is 18.7. The fourth-order valence-corrected chi connectivity index (χ4v) is 5.48. The van der Waals surface area contributed by atoms with Gasteiger partial charge in [-0.25, -0.2) is 9.97 Å². The lowest BCUT2D eigenvalue weighted by Gasteiger charge is -2.15. The zero-order valence-electron chi connectivity index (χ0n) is 20.2. The van der Waals surface area contributed by atoms with Crippen molar-refractivity contribution in [1.82, 2.24) is 19.3 Å². The Bertz CT molecular complexity index is 1550. The highest BCUT2D eigenvalue weighted by Crippen LogP contribution is 2.32. The molecule has 6 rings (SSSR count). The van der Waals surface area contributed by atoms with E-state index in [9.17, 15) is 4.79 Å². The number of carbonyl (C=O) groups excluding carboxylic acids is 1. The van der Waals surface area contributed by atoms with Gasteiger partial charge in [0.2, 0.25) is 0 Å². The Morgan fingerprint density at radius 2 is 1.78 bits per heavy atom. The third-order valence-corrected chi connectivity index (χ3v) is 7.51. The number of hydrogen-bond acceptors (Lipinski definition) is 7. The molecule has 4 N–H and O–H groups in total. The standard InChI is InChI=1S/C28H27N7OS/c29-22-7-1-2-8-23(22)33-27(36)19-9-11-21(12-10-19)32-28-31-17-25(37-28)24-16-30-26-20(6-5-15-35(24)26)18-34-13-3-4-14-34/h1-2,5-12,15-17H,3-4,13-14,18,29H2,(H,31,32)(H,33,36). The van der Waals surface area contributed by atoms with Gasteiger partial charge in [-0.1, -0.05) is 29.5 Å². The number of amides is 1. The summed E-state index contributed by atoms with van der Waals surface area (Å²) in [4.78, 5) is 25.4. The van der Waals surface area contributed by atoms with Crippen LogP contribution in [0.15, 0.2) is 79.3 Å². The van der Waals surface area contributed by atoms with E-state index in [0.29, 0.717) is 16.9 Å². The first-order valence-corrected chi connectivity index (χ1v) is 13.1. The molecule has 2 aromatic carbocycles. The molecule has 1 saturated heterocycles. The number of nitrogens with zero attached hydrogens (tertiary/aromatic N) is 4. The summed E-state index contributed by atoms with van der Waals surface area (Å²) in [6.45, 7) is 3.25. The highest BCUT2D eigenvalue weighted by atomic mass is 32.1. The van der Waals surface area contributed by atoms with Gasteiger partial charge < -0.3 is 16.4 Å². The number of nitrogen functional groups attached to an aromatic ring is 1. The highest BCUT2D eigenvalue weighted by Gasteiger charge is 2.16. The number of aromatic nitrogens is 3. The number of nitrogens with one attached hydrogen (secondary N) is 2. The molecular formula is C28H27N7OS. The first-order valence-electron chi connectivity index (χ1n) is 12.3. The van der Waals surface area contributed by atoms with E-state index in [-0.39, 0.29) is 5.91 Å². The van der Waals surface area contributed by atoms with Crippen LogP contribution in [0, 0.1) is 0 Å². The van der Waals surface area contributed by atoms with Gasteiger partial charge in [-0.05, 0) is 68.4 Å². The number of thiazole rings is 1. The second kappa shape index (κ2) is 10.0. The molecule has 0 aliphatic carbocycles. The summed E-state index contributed by atoms with van der Waals surface area (Å²) in [6.07, 6.45) is 8.41.